The van der Waals surface area contributed by atoms with Crippen LogP contribution >= 0.6 is 0 Å². The van der Waals surface area contributed by atoms with Gasteiger partial charge in [0.25, 0.3) is 0 Å². The number of rotatable bonds is 4. The minimum atomic E-state index is -0.287. The molecular weight excluding hydrogens is 429 g/mol. The molecule has 2 N–H and O–H groups in total. The number of para-hydroxylation sites is 1. The van der Waals surface area contributed by atoms with Crippen LogP contribution < -0.4 is 4.90 Å². The van der Waals surface area contributed by atoms with Gasteiger partial charge in [0.15, 0.2) is 11.5 Å². The summed E-state index contributed by atoms with van der Waals surface area (Å²) < 4.78 is 14.5. The fraction of sp³-hybridized carbons (Fsp3) is 0.0769. The van der Waals surface area contributed by atoms with Gasteiger partial charge in [-0.3, -0.25) is 10.1 Å². The molecule has 0 saturated heterocycles. The van der Waals surface area contributed by atoms with Crippen LogP contribution in [0.3, 0.4) is 0 Å². The van der Waals surface area contributed by atoms with Crippen molar-refractivity contribution in [1.82, 2.24) is 30.1 Å². The Hall–Kier alpha value is -4.59. The zero-order valence-electron chi connectivity index (χ0n) is 18.5. The first-order valence-electron chi connectivity index (χ1n) is 10.8. The number of nitrogens with one attached hydrogen (secondary N) is 2. The highest BCUT2D eigenvalue weighted by atomic mass is 19.1. The topological polar surface area (TPSA) is 86.4 Å². The average molecular weight is 449 g/mol. The summed E-state index contributed by atoms with van der Waals surface area (Å²) in [5.74, 6) is 0.277. The van der Waals surface area contributed by atoms with Crippen LogP contribution in [0.4, 0.5) is 10.1 Å². The summed E-state index contributed by atoms with van der Waals surface area (Å²) in [6, 6.07) is 18.3. The minimum Gasteiger partial charge on any atom is -0.376 e. The molecule has 0 aliphatic carbocycles. The van der Waals surface area contributed by atoms with Crippen molar-refractivity contribution in [3.63, 3.8) is 0 Å². The number of imidazole rings is 1. The molecule has 0 atom stereocenters. The Balaban J connectivity index is 1.49. The largest absolute Gasteiger partial charge is 0.376 e. The normalized spacial score (nSPS) is 11.4. The van der Waals surface area contributed by atoms with Gasteiger partial charge in [-0.05, 0) is 30.3 Å². The molecule has 34 heavy (non-hydrogen) atoms. The molecule has 0 unspecified atom stereocenters. The lowest BCUT2D eigenvalue weighted by Gasteiger charge is -2.12. The summed E-state index contributed by atoms with van der Waals surface area (Å²) >= 11 is 0. The fourth-order valence-corrected chi connectivity index (χ4v) is 4.08. The second-order valence-corrected chi connectivity index (χ2v) is 8.26. The van der Waals surface area contributed by atoms with Crippen molar-refractivity contribution in [1.29, 1.82) is 0 Å². The van der Waals surface area contributed by atoms with Gasteiger partial charge in [0.1, 0.15) is 11.3 Å². The lowest BCUT2D eigenvalue weighted by molar-refractivity contribution is 0.631. The fourth-order valence-electron chi connectivity index (χ4n) is 4.08. The van der Waals surface area contributed by atoms with Gasteiger partial charge in [-0.1, -0.05) is 30.3 Å². The van der Waals surface area contributed by atoms with Crippen molar-refractivity contribution in [3.05, 3.63) is 78.9 Å². The first-order chi connectivity index (χ1) is 16.6. The molecule has 2 aromatic carbocycles. The summed E-state index contributed by atoms with van der Waals surface area (Å²) in [7, 11) is 3.95. The van der Waals surface area contributed by atoms with Crippen molar-refractivity contribution in [2.24, 2.45) is 0 Å². The van der Waals surface area contributed by atoms with E-state index in [1.807, 2.05) is 67.7 Å². The molecule has 4 aromatic heterocycles. The lowest BCUT2D eigenvalue weighted by Crippen LogP contribution is -2.08. The van der Waals surface area contributed by atoms with Crippen LogP contribution in [-0.4, -0.2) is 44.2 Å². The molecule has 8 heteroatoms. The van der Waals surface area contributed by atoms with Gasteiger partial charge in [-0.2, -0.15) is 5.10 Å². The smallest absolute Gasteiger partial charge is 0.161 e. The summed E-state index contributed by atoms with van der Waals surface area (Å²) in [5.41, 5.74) is 7.48. The van der Waals surface area contributed by atoms with Crippen molar-refractivity contribution in [3.8, 4) is 33.9 Å². The predicted molar refractivity (Wildman–Crippen MR) is 132 cm³/mol. The molecule has 0 saturated carbocycles. The van der Waals surface area contributed by atoms with E-state index in [2.05, 4.69) is 20.2 Å². The van der Waals surface area contributed by atoms with E-state index in [4.69, 9.17) is 9.97 Å². The van der Waals surface area contributed by atoms with Crippen LogP contribution in [0, 0.1) is 5.82 Å². The Kier molecular flexibility index (Phi) is 4.58. The number of benzene rings is 2. The first kappa shape index (κ1) is 20.0. The van der Waals surface area contributed by atoms with Crippen molar-refractivity contribution >= 4 is 27.8 Å². The number of H-pyrrole nitrogens is 2. The van der Waals surface area contributed by atoms with Crippen LogP contribution in [0.5, 0.6) is 0 Å². The standard InChI is InChI=1S/C26H20FN7/c1-34(2)16-12-15(13-28-14-16)20-10-11-22-24(29-20)25(33-32-22)26-30-21-9-5-7-18(23(21)31-26)17-6-3-4-8-19(17)27/h3-14H,1-2H3,(H,30,31)(H,32,33). The van der Waals surface area contributed by atoms with Crippen molar-refractivity contribution < 1.29 is 4.39 Å². The van der Waals surface area contributed by atoms with Crippen LogP contribution in [0.1, 0.15) is 0 Å². The molecule has 7 nitrogen and oxygen atoms in total. The molecule has 6 aromatic rings. The highest BCUT2D eigenvalue weighted by molar-refractivity contribution is 5.96. The van der Waals surface area contributed by atoms with Gasteiger partial charge in [-0.25, -0.2) is 14.4 Å². The van der Waals surface area contributed by atoms with Crippen LogP contribution in [-0.2, 0) is 0 Å². The monoisotopic (exact) mass is 449 g/mol. The van der Waals surface area contributed by atoms with Gasteiger partial charge < -0.3 is 9.88 Å². The Morgan fingerprint density at radius 2 is 1.68 bits per heavy atom. The molecule has 0 amide bonds. The van der Waals surface area contributed by atoms with E-state index >= 15 is 0 Å². The van der Waals surface area contributed by atoms with Crippen LogP contribution in [0.25, 0.3) is 56.0 Å². The zero-order valence-corrected chi connectivity index (χ0v) is 18.5. The number of hydrogen-bond donors (Lipinski definition) is 2. The Morgan fingerprint density at radius 3 is 2.53 bits per heavy atom. The number of aromatic nitrogens is 6. The van der Waals surface area contributed by atoms with E-state index in [1.165, 1.54) is 6.07 Å². The molecule has 0 aliphatic heterocycles. The van der Waals surface area contributed by atoms with Crippen molar-refractivity contribution in [2.45, 2.75) is 0 Å². The second-order valence-electron chi connectivity index (χ2n) is 8.26. The number of nitrogens with zero attached hydrogens (tertiary/aromatic N) is 5. The van der Waals surface area contributed by atoms with Crippen LogP contribution in [0.15, 0.2) is 73.1 Å². The second kappa shape index (κ2) is 7.77. The number of pyridine rings is 2. The third-order valence-corrected chi connectivity index (χ3v) is 5.84. The summed E-state index contributed by atoms with van der Waals surface area (Å²) in [5, 5.41) is 7.52. The summed E-state index contributed by atoms with van der Waals surface area (Å²) in [6.07, 6.45) is 3.61. The Morgan fingerprint density at radius 1 is 0.824 bits per heavy atom. The number of aromatic amines is 2. The van der Waals surface area contributed by atoms with Gasteiger partial charge in [-0.15, -0.1) is 0 Å². The average Bonchev–Trinajstić information content (AvgIpc) is 3.48. The maximum absolute atomic E-state index is 14.5. The van der Waals surface area contributed by atoms with Gasteiger partial charge >= 0.3 is 0 Å². The quantitative estimate of drug-likeness (QED) is 0.375. The minimum absolute atomic E-state index is 0.287. The SMILES string of the molecule is CN(C)c1cncc(-c2ccc3[nH]nc(-c4nc5c(-c6ccccc6F)cccc5[nH]4)c3n2)c1. The van der Waals surface area contributed by atoms with E-state index in [-0.39, 0.29) is 5.82 Å². The van der Waals surface area contributed by atoms with Crippen molar-refractivity contribution in [2.75, 3.05) is 19.0 Å². The Labute approximate surface area is 194 Å². The van der Waals surface area contributed by atoms with Gasteiger partial charge in [0.2, 0.25) is 0 Å². The van der Waals surface area contributed by atoms with E-state index in [1.54, 1.807) is 18.3 Å². The number of fused-ring (bicyclic) bond motifs is 2. The molecule has 0 spiro atoms. The molecular formula is C26H20FN7. The molecule has 4 heterocycles. The summed E-state index contributed by atoms with van der Waals surface area (Å²) in [4.78, 5) is 19.4. The number of halogens is 1. The van der Waals surface area contributed by atoms with E-state index in [0.29, 0.717) is 28.1 Å². The number of anilines is 1. The zero-order chi connectivity index (χ0) is 23.2. The highest BCUT2D eigenvalue weighted by Gasteiger charge is 2.18. The third kappa shape index (κ3) is 3.27. The van der Waals surface area contributed by atoms with E-state index < -0.39 is 0 Å². The molecule has 166 valence electrons. The maximum atomic E-state index is 14.5. The molecule has 0 aliphatic rings. The molecule has 0 radical (unpaired) electrons. The lowest BCUT2D eigenvalue weighted by atomic mass is 10.0. The van der Waals surface area contributed by atoms with E-state index in [0.717, 1.165) is 33.5 Å². The first-order valence-corrected chi connectivity index (χ1v) is 10.8. The maximum Gasteiger partial charge on any atom is 0.161 e. The van der Waals surface area contributed by atoms with E-state index in [9.17, 15) is 4.39 Å². The third-order valence-electron chi connectivity index (χ3n) is 5.84. The summed E-state index contributed by atoms with van der Waals surface area (Å²) in [6.45, 7) is 0. The van der Waals surface area contributed by atoms with Gasteiger partial charge in [0, 0.05) is 37.0 Å². The highest BCUT2D eigenvalue weighted by Crippen LogP contribution is 2.33. The van der Waals surface area contributed by atoms with Crippen LogP contribution in [0.2, 0.25) is 0 Å². The van der Waals surface area contributed by atoms with Gasteiger partial charge in [0.05, 0.1) is 34.1 Å². The molecule has 0 bridgehead atoms. The predicted octanol–water partition coefficient (Wildman–Crippen LogP) is 5.44. The number of hydrogen-bond acceptors (Lipinski definition) is 5. The molecule has 0 fully saturated rings. The Bertz CT molecular complexity index is 1670. The molecule has 6 rings (SSSR count).